The molecule has 4 N–H and O–H groups in total. The van der Waals surface area contributed by atoms with Crippen molar-refractivity contribution in [1.29, 1.82) is 0 Å². The maximum atomic E-state index is 12.2. The number of aliphatic carboxylic acids is 1. The van der Waals surface area contributed by atoms with E-state index in [1.165, 1.54) is 11.1 Å². The van der Waals surface area contributed by atoms with Crippen molar-refractivity contribution in [3.05, 3.63) is 64.1 Å². The van der Waals surface area contributed by atoms with Gasteiger partial charge in [0.1, 0.15) is 0 Å². The van der Waals surface area contributed by atoms with Crippen LogP contribution in [-0.4, -0.2) is 52.9 Å². The van der Waals surface area contributed by atoms with Crippen LogP contribution in [0.2, 0.25) is 0 Å². The maximum absolute atomic E-state index is 12.2. The van der Waals surface area contributed by atoms with E-state index in [-0.39, 0.29) is 25.0 Å². The summed E-state index contributed by atoms with van der Waals surface area (Å²) >= 11 is 3.35. The number of hydrogen-bond acceptors (Lipinski definition) is 4. The average molecular weight is 504 g/mol. The number of aryl methyl sites for hydroxylation is 1. The highest BCUT2D eigenvalue weighted by Crippen LogP contribution is 2.34. The van der Waals surface area contributed by atoms with Crippen LogP contribution in [0.3, 0.4) is 0 Å². The maximum Gasteiger partial charge on any atom is 0.319 e. The van der Waals surface area contributed by atoms with E-state index in [4.69, 9.17) is 5.11 Å². The Morgan fingerprint density at radius 2 is 1.91 bits per heavy atom. The van der Waals surface area contributed by atoms with E-state index in [1.807, 2.05) is 24.3 Å². The van der Waals surface area contributed by atoms with Crippen LogP contribution < -0.4 is 10.6 Å². The van der Waals surface area contributed by atoms with E-state index in [2.05, 4.69) is 43.6 Å². The Morgan fingerprint density at radius 1 is 1.16 bits per heavy atom. The Kier molecular flexibility index (Phi) is 9.08. The molecule has 0 saturated heterocycles. The van der Waals surface area contributed by atoms with Gasteiger partial charge < -0.3 is 20.8 Å². The summed E-state index contributed by atoms with van der Waals surface area (Å²) < 4.78 is 0.922. The number of urea groups is 1. The quantitative estimate of drug-likeness (QED) is 0.389. The third kappa shape index (κ3) is 7.32. The van der Waals surface area contributed by atoms with E-state index in [9.17, 15) is 14.7 Å². The SMILES string of the molecule is O=C(O)CCCN(CC(O)CNC(=O)Nc1ccc(Br)cc1)C1CCCc2ccccc21. The number of carboxylic acids is 1. The van der Waals surface area contributed by atoms with E-state index in [0.717, 1.165) is 23.7 Å². The first kappa shape index (κ1) is 24.2. The summed E-state index contributed by atoms with van der Waals surface area (Å²) in [6.45, 7) is 1.04. The van der Waals surface area contributed by atoms with Crippen molar-refractivity contribution >= 4 is 33.6 Å². The second-order valence-electron chi connectivity index (χ2n) is 8.09. The van der Waals surface area contributed by atoms with Gasteiger partial charge in [0.25, 0.3) is 0 Å². The predicted molar refractivity (Wildman–Crippen MR) is 128 cm³/mol. The second kappa shape index (κ2) is 12.0. The fourth-order valence-electron chi connectivity index (χ4n) is 4.17. The zero-order chi connectivity index (χ0) is 22.9. The lowest BCUT2D eigenvalue weighted by atomic mass is 9.86. The van der Waals surface area contributed by atoms with Gasteiger partial charge in [-0.25, -0.2) is 4.79 Å². The highest BCUT2D eigenvalue weighted by atomic mass is 79.9. The van der Waals surface area contributed by atoms with Gasteiger partial charge in [0.15, 0.2) is 0 Å². The first-order valence-corrected chi connectivity index (χ1v) is 11.7. The molecule has 2 atom stereocenters. The molecule has 2 aromatic rings. The summed E-state index contributed by atoms with van der Waals surface area (Å²) in [7, 11) is 0. The van der Waals surface area contributed by atoms with Crippen LogP contribution in [0.25, 0.3) is 0 Å². The number of aliphatic hydroxyl groups excluding tert-OH is 1. The topological polar surface area (TPSA) is 102 Å². The van der Waals surface area contributed by atoms with Gasteiger partial charge in [-0.3, -0.25) is 9.69 Å². The lowest BCUT2D eigenvalue weighted by Crippen LogP contribution is -2.43. The van der Waals surface area contributed by atoms with Crippen molar-refractivity contribution in [3.8, 4) is 0 Å². The van der Waals surface area contributed by atoms with E-state index >= 15 is 0 Å². The van der Waals surface area contributed by atoms with Gasteiger partial charge in [-0.15, -0.1) is 0 Å². The Labute approximate surface area is 197 Å². The molecule has 172 valence electrons. The highest BCUT2D eigenvalue weighted by Gasteiger charge is 2.27. The molecule has 2 aromatic carbocycles. The summed E-state index contributed by atoms with van der Waals surface area (Å²) in [6.07, 6.45) is 2.89. The third-order valence-electron chi connectivity index (χ3n) is 5.66. The van der Waals surface area contributed by atoms with Gasteiger partial charge >= 0.3 is 12.0 Å². The van der Waals surface area contributed by atoms with Crippen LogP contribution in [0.1, 0.15) is 42.9 Å². The van der Waals surface area contributed by atoms with Crippen LogP contribution in [0, 0.1) is 0 Å². The summed E-state index contributed by atoms with van der Waals surface area (Å²) in [4.78, 5) is 25.3. The predicted octanol–water partition coefficient (Wildman–Crippen LogP) is 4.18. The number of rotatable bonds is 10. The average Bonchev–Trinajstić information content (AvgIpc) is 2.78. The molecule has 3 rings (SSSR count). The van der Waals surface area contributed by atoms with Crippen LogP contribution in [0.15, 0.2) is 53.0 Å². The lowest BCUT2D eigenvalue weighted by Gasteiger charge is -2.37. The highest BCUT2D eigenvalue weighted by molar-refractivity contribution is 9.10. The molecule has 2 unspecified atom stereocenters. The molecular formula is C24H30BrN3O4. The minimum atomic E-state index is -0.819. The molecule has 8 heteroatoms. The minimum Gasteiger partial charge on any atom is -0.481 e. The Morgan fingerprint density at radius 3 is 2.66 bits per heavy atom. The number of carbonyl (C=O) groups excluding carboxylic acids is 1. The van der Waals surface area contributed by atoms with Gasteiger partial charge in [-0.05, 0) is 67.6 Å². The molecule has 0 aromatic heterocycles. The molecule has 0 aliphatic heterocycles. The van der Waals surface area contributed by atoms with E-state index in [1.54, 1.807) is 12.1 Å². The number of nitrogens with one attached hydrogen (secondary N) is 2. The molecule has 1 aliphatic rings. The number of carboxylic acid groups (broad SMARTS) is 1. The van der Waals surface area contributed by atoms with E-state index in [0.29, 0.717) is 25.2 Å². The second-order valence-corrected chi connectivity index (χ2v) is 9.01. The fraction of sp³-hybridized carbons (Fsp3) is 0.417. The monoisotopic (exact) mass is 503 g/mol. The largest absolute Gasteiger partial charge is 0.481 e. The number of halogens is 1. The molecule has 0 bridgehead atoms. The van der Waals surface area contributed by atoms with Gasteiger partial charge in [0.05, 0.1) is 6.10 Å². The lowest BCUT2D eigenvalue weighted by molar-refractivity contribution is -0.137. The molecule has 0 heterocycles. The summed E-state index contributed by atoms with van der Waals surface area (Å²) in [5.74, 6) is -0.819. The summed E-state index contributed by atoms with van der Waals surface area (Å²) in [6, 6.07) is 15.3. The number of carbonyl (C=O) groups is 2. The standard InChI is InChI=1S/C24H30BrN3O4/c25-18-10-12-19(13-11-18)27-24(32)26-15-20(29)16-28(14-4-9-23(30)31)22-8-3-6-17-5-1-2-7-21(17)22/h1-2,5,7,10-13,20,22,29H,3-4,6,8-9,14-16H2,(H,30,31)(H2,26,27,32). The smallest absolute Gasteiger partial charge is 0.319 e. The molecule has 2 amide bonds. The fourth-order valence-corrected chi connectivity index (χ4v) is 4.43. The molecule has 0 saturated carbocycles. The van der Waals surface area contributed by atoms with Gasteiger partial charge in [0, 0.05) is 35.7 Å². The van der Waals surface area contributed by atoms with Crippen LogP contribution in [-0.2, 0) is 11.2 Å². The van der Waals surface area contributed by atoms with Crippen LogP contribution in [0.5, 0.6) is 0 Å². The molecule has 1 aliphatic carbocycles. The van der Waals surface area contributed by atoms with Crippen molar-refractivity contribution in [3.63, 3.8) is 0 Å². The normalized spacial score (nSPS) is 16.3. The number of hydrogen-bond donors (Lipinski definition) is 4. The van der Waals surface area contributed by atoms with Gasteiger partial charge in [0.2, 0.25) is 0 Å². The molecule has 7 nitrogen and oxygen atoms in total. The Balaban J connectivity index is 1.58. The number of amides is 2. The number of nitrogens with zero attached hydrogens (tertiary/aromatic N) is 1. The van der Waals surface area contributed by atoms with Crippen LogP contribution in [0.4, 0.5) is 10.5 Å². The van der Waals surface area contributed by atoms with E-state index < -0.39 is 12.1 Å². The molecule has 32 heavy (non-hydrogen) atoms. The van der Waals surface area contributed by atoms with Crippen molar-refractivity contribution in [1.82, 2.24) is 10.2 Å². The van der Waals surface area contributed by atoms with Gasteiger partial charge in [-0.1, -0.05) is 40.2 Å². The number of benzene rings is 2. The number of fused-ring (bicyclic) bond motifs is 1. The number of aliphatic hydroxyl groups is 1. The zero-order valence-corrected chi connectivity index (χ0v) is 19.6. The first-order chi connectivity index (χ1) is 15.4. The first-order valence-electron chi connectivity index (χ1n) is 10.9. The van der Waals surface area contributed by atoms with Crippen molar-refractivity contribution in [2.45, 2.75) is 44.2 Å². The Bertz CT molecular complexity index is 906. The number of anilines is 1. The van der Waals surface area contributed by atoms with Crippen LogP contribution >= 0.6 is 15.9 Å². The third-order valence-corrected chi connectivity index (χ3v) is 6.19. The molecule has 0 radical (unpaired) electrons. The Hall–Kier alpha value is -2.42. The minimum absolute atomic E-state index is 0.0921. The zero-order valence-electron chi connectivity index (χ0n) is 18.0. The van der Waals surface area contributed by atoms with Crippen molar-refractivity contribution in [2.24, 2.45) is 0 Å². The summed E-state index contributed by atoms with van der Waals surface area (Å²) in [5.41, 5.74) is 3.23. The molecule has 0 spiro atoms. The van der Waals surface area contributed by atoms with Crippen molar-refractivity contribution < 1.29 is 19.8 Å². The molecular weight excluding hydrogens is 474 g/mol. The van der Waals surface area contributed by atoms with Gasteiger partial charge in [-0.2, -0.15) is 0 Å². The molecule has 0 fully saturated rings. The van der Waals surface area contributed by atoms with Crippen molar-refractivity contribution in [2.75, 3.05) is 25.0 Å². The summed E-state index contributed by atoms with van der Waals surface area (Å²) in [5, 5.41) is 25.1.